The minimum atomic E-state index is -0.250. The van der Waals surface area contributed by atoms with Gasteiger partial charge in [0.15, 0.2) is 0 Å². The topological polar surface area (TPSA) is 29.1 Å². The molecular weight excluding hydrogens is 349 g/mol. The molecule has 0 unspecified atom stereocenters. The SMILES string of the molecule is Cc1ccc(NC(=O)c2ccc(Br)c(Cl)c2)c(Cl)c1. The van der Waals surface area contributed by atoms with E-state index in [1.54, 1.807) is 30.3 Å². The summed E-state index contributed by atoms with van der Waals surface area (Å²) >= 11 is 15.3. The van der Waals surface area contributed by atoms with Crippen LogP contribution in [0.4, 0.5) is 5.69 Å². The number of carbonyl (C=O) groups excluding carboxylic acids is 1. The largest absolute Gasteiger partial charge is 0.321 e. The molecule has 0 spiro atoms. The number of halogens is 3. The zero-order valence-corrected chi connectivity index (χ0v) is 13.1. The standard InChI is InChI=1S/C14H10BrCl2NO/c1-8-2-5-13(12(17)6-8)18-14(19)9-3-4-10(15)11(16)7-9/h2-7H,1H3,(H,18,19). The third kappa shape index (κ3) is 3.50. The summed E-state index contributed by atoms with van der Waals surface area (Å²) < 4.78 is 0.749. The van der Waals surface area contributed by atoms with Crippen molar-refractivity contribution in [1.29, 1.82) is 0 Å². The molecule has 98 valence electrons. The van der Waals surface area contributed by atoms with Gasteiger partial charge < -0.3 is 5.32 Å². The molecule has 2 nitrogen and oxygen atoms in total. The van der Waals surface area contributed by atoms with Crippen LogP contribution in [0.2, 0.25) is 10.0 Å². The van der Waals surface area contributed by atoms with E-state index in [0.717, 1.165) is 10.0 Å². The van der Waals surface area contributed by atoms with Crippen LogP contribution in [-0.2, 0) is 0 Å². The first-order chi connectivity index (χ1) is 8.97. The molecule has 1 amide bonds. The molecule has 5 heteroatoms. The number of anilines is 1. The Morgan fingerprint density at radius 1 is 1.11 bits per heavy atom. The van der Waals surface area contributed by atoms with Gasteiger partial charge in [-0.15, -0.1) is 0 Å². The summed E-state index contributed by atoms with van der Waals surface area (Å²) in [6.07, 6.45) is 0. The highest BCUT2D eigenvalue weighted by Crippen LogP contribution is 2.26. The Morgan fingerprint density at radius 3 is 2.47 bits per heavy atom. The number of aryl methyl sites for hydroxylation is 1. The molecule has 0 aliphatic heterocycles. The first-order valence-electron chi connectivity index (χ1n) is 5.50. The fraction of sp³-hybridized carbons (Fsp3) is 0.0714. The van der Waals surface area contributed by atoms with Gasteiger partial charge in [0.25, 0.3) is 5.91 Å². The van der Waals surface area contributed by atoms with Crippen molar-refractivity contribution in [2.45, 2.75) is 6.92 Å². The van der Waals surface area contributed by atoms with Crippen molar-refractivity contribution in [3.05, 3.63) is 62.0 Å². The third-order valence-electron chi connectivity index (χ3n) is 2.55. The Kier molecular flexibility index (Phi) is 4.50. The smallest absolute Gasteiger partial charge is 0.255 e. The number of hydrogen-bond acceptors (Lipinski definition) is 1. The maximum absolute atomic E-state index is 12.1. The van der Waals surface area contributed by atoms with Crippen LogP contribution in [-0.4, -0.2) is 5.91 Å². The van der Waals surface area contributed by atoms with E-state index in [1.807, 2.05) is 13.0 Å². The lowest BCUT2D eigenvalue weighted by molar-refractivity contribution is 0.102. The van der Waals surface area contributed by atoms with Gasteiger partial charge in [-0.25, -0.2) is 0 Å². The van der Waals surface area contributed by atoms with Crippen LogP contribution in [0.5, 0.6) is 0 Å². The molecule has 0 heterocycles. The fourth-order valence-corrected chi connectivity index (χ4v) is 2.26. The molecule has 0 aliphatic carbocycles. The van der Waals surface area contributed by atoms with Crippen LogP contribution in [0.3, 0.4) is 0 Å². The highest BCUT2D eigenvalue weighted by molar-refractivity contribution is 9.10. The van der Waals surface area contributed by atoms with E-state index in [0.29, 0.717) is 21.3 Å². The predicted molar refractivity (Wildman–Crippen MR) is 83.3 cm³/mol. The van der Waals surface area contributed by atoms with Gasteiger partial charge in [-0.2, -0.15) is 0 Å². The van der Waals surface area contributed by atoms with E-state index in [1.165, 1.54) is 0 Å². The summed E-state index contributed by atoms with van der Waals surface area (Å²) in [7, 11) is 0. The highest BCUT2D eigenvalue weighted by atomic mass is 79.9. The van der Waals surface area contributed by atoms with Crippen molar-refractivity contribution in [3.8, 4) is 0 Å². The summed E-state index contributed by atoms with van der Waals surface area (Å²) in [5.74, 6) is -0.250. The quantitative estimate of drug-likeness (QED) is 0.773. The molecule has 2 aromatic rings. The van der Waals surface area contributed by atoms with Crippen molar-refractivity contribution in [2.75, 3.05) is 5.32 Å². The minimum Gasteiger partial charge on any atom is -0.321 e. The zero-order valence-electron chi connectivity index (χ0n) is 10.0. The lowest BCUT2D eigenvalue weighted by atomic mass is 10.2. The molecule has 1 N–H and O–H groups in total. The molecule has 0 saturated heterocycles. The zero-order chi connectivity index (χ0) is 14.0. The molecule has 0 aromatic heterocycles. The van der Waals surface area contributed by atoms with E-state index in [-0.39, 0.29) is 5.91 Å². The number of hydrogen-bond donors (Lipinski definition) is 1. The average molecular weight is 359 g/mol. The van der Waals surface area contributed by atoms with Crippen molar-refractivity contribution in [3.63, 3.8) is 0 Å². The Balaban J connectivity index is 2.23. The summed E-state index contributed by atoms with van der Waals surface area (Å²) in [5, 5.41) is 3.75. The van der Waals surface area contributed by atoms with Crippen LogP contribution in [0, 0.1) is 6.92 Å². The Morgan fingerprint density at radius 2 is 1.84 bits per heavy atom. The number of benzene rings is 2. The van der Waals surface area contributed by atoms with E-state index in [2.05, 4.69) is 21.2 Å². The van der Waals surface area contributed by atoms with Gasteiger partial charge in [0.1, 0.15) is 0 Å². The van der Waals surface area contributed by atoms with Crippen LogP contribution in [0.15, 0.2) is 40.9 Å². The molecule has 0 bridgehead atoms. The molecule has 0 saturated carbocycles. The lowest BCUT2D eigenvalue weighted by Crippen LogP contribution is -2.12. The van der Waals surface area contributed by atoms with E-state index in [4.69, 9.17) is 23.2 Å². The Bertz CT molecular complexity index is 643. The van der Waals surface area contributed by atoms with Crippen LogP contribution < -0.4 is 5.32 Å². The van der Waals surface area contributed by atoms with Crippen LogP contribution in [0.25, 0.3) is 0 Å². The molecule has 2 aromatic carbocycles. The molecular formula is C14H10BrCl2NO. The number of amides is 1. The average Bonchev–Trinajstić information content (AvgIpc) is 2.36. The van der Waals surface area contributed by atoms with Gasteiger partial charge in [0, 0.05) is 10.0 Å². The summed E-state index contributed by atoms with van der Waals surface area (Å²) in [6, 6.07) is 10.5. The van der Waals surface area contributed by atoms with E-state index < -0.39 is 0 Å². The lowest BCUT2D eigenvalue weighted by Gasteiger charge is -2.08. The predicted octanol–water partition coefficient (Wildman–Crippen LogP) is 5.32. The number of carbonyl (C=O) groups is 1. The minimum absolute atomic E-state index is 0.250. The summed E-state index contributed by atoms with van der Waals surface area (Å²) in [4.78, 5) is 12.1. The van der Waals surface area contributed by atoms with Gasteiger partial charge in [-0.05, 0) is 58.7 Å². The van der Waals surface area contributed by atoms with Crippen LogP contribution >= 0.6 is 39.1 Å². The number of rotatable bonds is 2. The first-order valence-corrected chi connectivity index (χ1v) is 7.05. The second-order valence-electron chi connectivity index (χ2n) is 4.07. The van der Waals surface area contributed by atoms with Crippen LogP contribution in [0.1, 0.15) is 15.9 Å². The maximum atomic E-state index is 12.1. The van der Waals surface area contributed by atoms with Crippen molar-refractivity contribution < 1.29 is 4.79 Å². The molecule has 0 aliphatic rings. The van der Waals surface area contributed by atoms with Gasteiger partial charge in [0.05, 0.1) is 15.7 Å². The highest BCUT2D eigenvalue weighted by Gasteiger charge is 2.10. The fourth-order valence-electron chi connectivity index (χ4n) is 1.55. The molecule has 19 heavy (non-hydrogen) atoms. The second-order valence-corrected chi connectivity index (χ2v) is 5.74. The van der Waals surface area contributed by atoms with E-state index in [9.17, 15) is 4.79 Å². The molecule has 0 radical (unpaired) electrons. The maximum Gasteiger partial charge on any atom is 0.255 e. The van der Waals surface area contributed by atoms with Gasteiger partial charge >= 0.3 is 0 Å². The van der Waals surface area contributed by atoms with E-state index >= 15 is 0 Å². The second kappa shape index (κ2) is 5.95. The monoisotopic (exact) mass is 357 g/mol. The van der Waals surface area contributed by atoms with Crippen molar-refractivity contribution in [2.24, 2.45) is 0 Å². The Hall–Kier alpha value is -1.03. The van der Waals surface area contributed by atoms with Crippen molar-refractivity contribution >= 4 is 50.7 Å². The Labute approximate surface area is 129 Å². The summed E-state index contributed by atoms with van der Waals surface area (Å²) in [6.45, 7) is 1.94. The molecule has 0 fully saturated rings. The molecule has 2 rings (SSSR count). The number of nitrogens with one attached hydrogen (secondary N) is 1. The summed E-state index contributed by atoms with van der Waals surface area (Å²) in [5.41, 5.74) is 2.09. The van der Waals surface area contributed by atoms with Gasteiger partial charge in [0.2, 0.25) is 0 Å². The van der Waals surface area contributed by atoms with Gasteiger partial charge in [-0.3, -0.25) is 4.79 Å². The molecule has 0 atom stereocenters. The third-order valence-corrected chi connectivity index (χ3v) is 4.10. The normalized spacial score (nSPS) is 10.3. The van der Waals surface area contributed by atoms with Crippen molar-refractivity contribution in [1.82, 2.24) is 0 Å². The first kappa shape index (κ1) is 14.4. The van der Waals surface area contributed by atoms with Gasteiger partial charge in [-0.1, -0.05) is 29.3 Å².